The fourth-order valence-corrected chi connectivity index (χ4v) is 4.05. The number of hydrogen-bond acceptors (Lipinski definition) is 5. The zero-order chi connectivity index (χ0) is 23.3. The highest BCUT2D eigenvalue weighted by molar-refractivity contribution is 6.12. The summed E-state index contributed by atoms with van der Waals surface area (Å²) < 4.78 is 10.5. The summed E-state index contributed by atoms with van der Waals surface area (Å²) in [4.78, 5) is 25.3. The average molecular weight is 442 g/mol. The number of benzene rings is 1. The molecule has 0 aliphatic carbocycles. The van der Waals surface area contributed by atoms with E-state index in [1.807, 2.05) is 38.5 Å². The van der Waals surface area contributed by atoms with Gasteiger partial charge in [-0.3, -0.25) is 19.0 Å². The number of hydrogen-bond donors (Lipinski definition) is 1. The molecule has 1 aromatic carbocycles. The fraction of sp³-hybridized carbons (Fsp3) is 0.167. The van der Waals surface area contributed by atoms with E-state index in [0.717, 1.165) is 22.2 Å². The molecule has 0 radical (unpaired) electrons. The molecule has 4 heterocycles. The van der Waals surface area contributed by atoms with E-state index in [9.17, 15) is 9.59 Å². The van der Waals surface area contributed by atoms with Crippen LogP contribution in [0.25, 0.3) is 27.7 Å². The van der Waals surface area contributed by atoms with Gasteiger partial charge in [-0.25, -0.2) is 0 Å². The molecule has 5 rings (SSSR count). The molecule has 0 aliphatic heterocycles. The van der Waals surface area contributed by atoms with Gasteiger partial charge in [0.2, 0.25) is 0 Å². The standard InChI is InChI=1S/C24H22N6O3/c1-14(31)20-11-19(22-10-17(33-4)7-8-30(20)22)24(32)26-16-5-6-18-21(9-16)29(3)27-23(18)15-12-25-28(2)13-15/h5-13H,1-4H3,(H,26,32). The Kier molecular flexibility index (Phi) is 4.74. The highest BCUT2D eigenvalue weighted by atomic mass is 16.5. The van der Waals surface area contributed by atoms with Gasteiger partial charge in [0.05, 0.1) is 35.6 Å². The maximum absolute atomic E-state index is 13.2. The van der Waals surface area contributed by atoms with Crippen molar-refractivity contribution in [3.8, 4) is 17.0 Å². The van der Waals surface area contributed by atoms with Crippen molar-refractivity contribution in [2.75, 3.05) is 12.4 Å². The molecule has 0 spiro atoms. The minimum absolute atomic E-state index is 0.131. The van der Waals surface area contributed by atoms with Crippen LogP contribution in [0.5, 0.6) is 5.75 Å². The van der Waals surface area contributed by atoms with Crippen molar-refractivity contribution in [1.82, 2.24) is 24.0 Å². The van der Waals surface area contributed by atoms with E-state index in [-0.39, 0.29) is 11.7 Å². The van der Waals surface area contributed by atoms with Crippen molar-refractivity contribution in [2.24, 2.45) is 14.1 Å². The Morgan fingerprint density at radius 2 is 1.88 bits per heavy atom. The van der Waals surface area contributed by atoms with Gasteiger partial charge in [0.15, 0.2) is 5.78 Å². The number of aromatic nitrogens is 5. The number of ketones is 1. The molecule has 33 heavy (non-hydrogen) atoms. The number of nitrogens with one attached hydrogen (secondary N) is 1. The molecule has 1 amide bonds. The van der Waals surface area contributed by atoms with E-state index in [2.05, 4.69) is 15.5 Å². The van der Waals surface area contributed by atoms with Gasteiger partial charge in [-0.15, -0.1) is 0 Å². The Labute approximate surface area is 189 Å². The van der Waals surface area contributed by atoms with Crippen molar-refractivity contribution in [3.63, 3.8) is 0 Å². The minimum Gasteiger partial charge on any atom is -0.497 e. The van der Waals surface area contributed by atoms with Crippen LogP contribution in [0, 0.1) is 0 Å². The summed E-state index contributed by atoms with van der Waals surface area (Å²) in [6, 6.07) is 10.7. The summed E-state index contributed by atoms with van der Waals surface area (Å²) in [6.07, 6.45) is 5.41. The Balaban J connectivity index is 1.52. The van der Waals surface area contributed by atoms with Crippen molar-refractivity contribution >= 4 is 33.8 Å². The lowest BCUT2D eigenvalue weighted by atomic mass is 10.1. The Morgan fingerprint density at radius 3 is 2.58 bits per heavy atom. The van der Waals surface area contributed by atoms with Crippen LogP contribution in [-0.4, -0.2) is 42.8 Å². The summed E-state index contributed by atoms with van der Waals surface area (Å²) >= 11 is 0. The van der Waals surface area contributed by atoms with Crippen molar-refractivity contribution < 1.29 is 14.3 Å². The first kappa shape index (κ1) is 20.5. The molecule has 0 aliphatic rings. The summed E-state index contributed by atoms with van der Waals surface area (Å²) in [7, 11) is 5.28. The second-order valence-corrected chi connectivity index (χ2v) is 7.88. The van der Waals surface area contributed by atoms with Gasteiger partial charge in [0.1, 0.15) is 11.4 Å². The largest absolute Gasteiger partial charge is 0.497 e. The number of amides is 1. The number of fused-ring (bicyclic) bond motifs is 2. The highest BCUT2D eigenvalue weighted by Crippen LogP contribution is 2.30. The number of aryl methyl sites for hydroxylation is 2. The summed E-state index contributed by atoms with van der Waals surface area (Å²) in [5.41, 5.74) is 4.67. The SMILES string of the molecule is COc1ccn2c(C(C)=O)cc(C(=O)Nc3ccc4c(-c5cnn(C)c5)nn(C)c4c3)c2c1. The lowest BCUT2D eigenvalue weighted by Gasteiger charge is -2.07. The molecule has 9 heteroatoms. The van der Waals surface area contributed by atoms with Crippen molar-refractivity contribution in [3.05, 3.63) is 66.2 Å². The third kappa shape index (κ3) is 3.43. The van der Waals surface area contributed by atoms with Gasteiger partial charge in [-0.05, 0) is 30.3 Å². The third-order valence-electron chi connectivity index (χ3n) is 5.67. The second kappa shape index (κ2) is 7.63. The molecule has 1 N–H and O–H groups in total. The molecule has 166 valence electrons. The Hall–Kier alpha value is -4.40. The van der Waals surface area contributed by atoms with E-state index in [4.69, 9.17) is 4.74 Å². The van der Waals surface area contributed by atoms with Gasteiger partial charge in [0.25, 0.3) is 5.91 Å². The molecular weight excluding hydrogens is 420 g/mol. The molecule has 0 atom stereocenters. The van der Waals surface area contributed by atoms with Crippen LogP contribution in [-0.2, 0) is 14.1 Å². The zero-order valence-corrected chi connectivity index (χ0v) is 18.7. The van der Waals surface area contributed by atoms with Crippen molar-refractivity contribution in [1.29, 1.82) is 0 Å². The molecular formula is C24H22N6O3. The van der Waals surface area contributed by atoms with Gasteiger partial charge < -0.3 is 14.5 Å². The maximum atomic E-state index is 13.2. The van der Waals surface area contributed by atoms with E-state index in [0.29, 0.717) is 28.2 Å². The van der Waals surface area contributed by atoms with Gasteiger partial charge in [-0.2, -0.15) is 10.2 Å². The molecule has 5 aromatic rings. The summed E-state index contributed by atoms with van der Waals surface area (Å²) in [5.74, 6) is 0.152. The van der Waals surface area contributed by atoms with Crippen molar-refractivity contribution in [2.45, 2.75) is 6.92 Å². The third-order valence-corrected chi connectivity index (χ3v) is 5.67. The van der Waals surface area contributed by atoms with Crippen LogP contribution in [0.4, 0.5) is 5.69 Å². The summed E-state index contributed by atoms with van der Waals surface area (Å²) in [5, 5.41) is 12.8. The number of nitrogens with zero attached hydrogens (tertiary/aromatic N) is 5. The first-order valence-electron chi connectivity index (χ1n) is 10.3. The van der Waals surface area contributed by atoms with Crippen LogP contribution >= 0.6 is 0 Å². The van der Waals surface area contributed by atoms with E-state index >= 15 is 0 Å². The normalized spacial score (nSPS) is 11.3. The number of Topliss-reactive ketones (excluding diaryl/α,β-unsaturated/α-hetero) is 1. The van der Waals surface area contributed by atoms with Crippen LogP contribution < -0.4 is 10.1 Å². The monoisotopic (exact) mass is 442 g/mol. The number of pyridine rings is 1. The number of rotatable bonds is 5. The number of carbonyl (C=O) groups is 2. The van der Waals surface area contributed by atoms with Gasteiger partial charge in [-0.1, -0.05) is 0 Å². The van der Waals surface area contributed by atoms with Crippen LogP contribution in [0.15, 0.2) is 55.0 Å². The topological polar surface area (TPSA) is 95.4 Å². The van der Waals surface area contributed by atoms with Crippen LogP contribution in [0.1, 0.15) is 27.8 Å². The maximum Gasteiger partial charge on any atom is 0.257 e. The molecule has 9 nitrogen and oxygen atoms in total. The Morgan fingerprint density at radius 1 is 1.06 bits per heavy atom. The lowest BCUT2D eigenvalue weighted by molar-refractivity contribution is 0.101. The van der Waals surface area contributed by atoms with Crippen LogP contribution in [0.2, 0.25) is 0 Å². The molecule has 0 saturated carbocycles. The Bertz CT molecular complexity index is 1560. The zero-order valence-electron chi connectivity index (χ0n) is 18.7. The number of anilines is 1. The lowest BCUT2D eigenvalue weighted by Crippen LogP contribution is -2.11. The van der Waals surface area contributed by atoms with E-state index in [1.54, 1.807) is 51.5 Å². The number of methoxy groups -OCH3 is 1. The first-order chi connectivity index (χ1) is 15.9. The highest BCUT2D eigenvalue weighted by Gasteiger charge is 2.19. The smallest absolute Gasteiger partial charge is 0.257 e. The molecule has 0 fully saturated rings. The van der Waals surface area contributed by atoms with E-state index in [1.165, 1.54) is 6.92 Å². The molecule has 0 saturated heterocycles. The predicted octanol–water partition coefficient (Wildman–Crippen LogP) is 3.69. The predicted molar refractivity (Wildman–Crippen MR) is 125 cm³/mol. The minimum atomic E-state index is -0.317. The average Bonchev–Trinajstić information content (AvgIpc) is 3.48. The number of ether oxygens (including phenoxy) is 1. The van der Waals surface area contributed by atoms with Gasteiger partial charge in [0, 0.05) is 56.1 Å². The van der Waals surface area contributed by atoms with Crippen LogP contribution in [0.3, 0.4) is 0 Å². The van der Waals surface area contributed by atoms with Gasteiger partial charge >= 0.3 is 0 Å². The molecule has 0 unspecified atom stereocenters. The molecule has 4 aromatic heterocycles. The van der Waals surface area contributed by atoms with E-state index < -0.39 is 0 Å². The number of carbonyl (C=O) groups excluding carboxylic acids is 2. The first-order valence-corrected chi connectivity index (χ1v) is 10.3. The summed E-state index contributed by atoms with van der Waals surface area (Å²) in [6.45, 7) is 1.48. The fourth-order valence-electron chi connectivity index (χ4n) is 4.05. The quantitative estimate of drug-likeness (QED) is 0.419. The molecule has 0 bridgehead atoms. The second-order valence-electron chi connectivity index (χ2n) is 7.88.